The monoisotopic (exact) mass is 259 g/mol. The minimum absolute atomic E-state index is 0.922. The van der Waals surface area contributed by atoms with Gasteiger partial charge in [0.15, 0.2) is 0 Å². The van der Waals surface area contributed by atoms with Crippen molar-refractivity contribution in [3.05, 3.63) is 48.0 Å². The molecule has 0 aliphatic heterocycles. The Hall–Kier alpha value is -1.81. The molecule has 0 amide bonds. The van der Waals surface area contributed by atoms with Crippen LogP contribution in [0.1, 0.15) is 11.4 Å². The summed E-state index contributed by atoms with van der Waals surface area (Å²) in [5.41, 5.74) is 1.30. The summed E-state index contributed by atoms with van der Waals surface area (Å²) >= 11 is 0. The molecule has 0 saturated carbocycles. The molecule has 1 aromatic heterocycles. The zero-order chi connectivity index (χ0) is 13.5. The predicted molar refractivity (Wildman–Crippen MR) is 76.5 cm³/mol. The number of hydrogen-bond donors (Lipinski definition) is 1. The van der Waals surface area contributed by atoms with E-state index >= 15 is 0 Å². The SMILES string of the molecule is COc1cccc(CCNCCc2nccn2C)c1. The third kappa shape index (κ3) is 4.10. The molecule has 2 rings (SSSR count). The van der Waals surface area contributed by atoms with Gasteiger partial charge in [-0.3, -0.25) is 0 Å². The maximum atomic E-state index is 5.21. The Kier molecular flexibility index (Phi) is 4.98. The van der Waals surface area contributed by atoms with Crippen molar-refractivity contribution in [2.45, 2.75) is 12.8 Å². The Morgan fingerprint density at radius 1 is 1.26 bits per heavy atom. The van der Waals surface area contributed by atoms with Crippen LogP contribution in [0, 0.1) is 0 Å². The van der Waals surface area contributed by atoms with E-state index in [4.69, 9.17) is 4.74 Å². The lowest BCUT2D eigenvalue weighted by atomic mass is 10.1. The van der Waals surface area contributed by atoms with Gasteiger partial charge in [0.25, 0.3) is 0 Å². The second-order valence-electron chi connectivity index (χ2n) is 4.56. The van der Waals surface area contributed by atoms with Gasteiger partial charge in [-0.25, -0.2) is 4.98 Å². The average Bonchev–Trinajstić information content (AvgIpc) is 2.84. The van der Waals surface area contributed by atoms with Crippen molar-refractivity contribution in [2.75, 3.05) is 20.2 Å². The van der Waals surface area contributed by atoms with E-state index in [0.717, 1.165) is 37.5 Å². The molecule has 0 atom stereocenters. The number of aryl methyl sites for hydroxylation is 1. The summed E-state index contributed by atoms with van der Waals surface area (Å²) in [6.07, 6.45) is 5.79. The van der Waals surface area contributed by atoms with E-state index in [0.29, 0.717) is 0 Å². The Balaban J connectivity index is 1.68. The molecular weight excluding hydrogens is 238 g/mol. The van der Waals surface area contributed by atoms with Crippen LogP contribution >= 0.6 is 0 Å². The van der Waals surface area contributed by atoms with E-state index in [1.54, 1.807) is 7.11 Å². The largest absolute Gasteiger partial charge is 0.497 e. The van der Waals surface area contributed by atoms with Crippen LogP contribution in [-0.2, 0) is 19.9 Å². The molecule has 0 bridgehead atoms. The number of nitrogens with one attached hydrogen (secondary N) is 1. The summed E-state index contributed by atoms with van der Waals surface area (Å²) in [7, 11) is 3.73. The van der Waals surface area contributed by atoms with Crippen LogP contribution in [0.5, 0.6) is 5.75 Å². The van der Waals surface area contributed by atoms with Gasteiger partial charge in [-0.15, -0.1) is 0 Å². The summed E-state index contributed by atoms with van der Waals surface area (Å²) in [6.45, 7) is 1.92. The van der Waals surface area contributed by atoms with Crippen LogP contribution in [0.3, 0.4) is 0 Å². The van der Waals surface area contributed by atoms with Crippen molar-refractivity contribution >= 4 is 0 Å². The van der Waals surface area contributed by atoms with Gasteiger partial charge in [0.1, 0.15) is 11.6 Å². The first kappa shape index (κ1) is 13.6. The van der Waals surface area contributed by atoms with E-state index < -0.39 is 0 Å². The number of benzene rings is 1. The molecule has 0 aliphatic rings. The molecule has 4 nitrogen and oxygen atoms in total. The molecule has 4 heteroatoms. The van der Waals surface area contributed by atoms with Crippen molar-refractivity contribution in [3.8, 4) is 5.75 Å². The molecule has 2 aromatic rings. The summed E-state index contributed by atoms with van der Waals surface area (Å²) in [4.78, 5) is 4.30. The van der Waals surface area contributed by atoms with Crippen LogP contribution < -0.4 is 10.1 Å². The number of rotatable bonds is 7. The van der Waals surface area contributed by atoms with Crippen LogP contribution in [-0.4, -0.2) is 29.8 Å². The zero-order valence-corrected chi connectivity index (χ0v) is 11.6. The van der Waals surface area contributed by atoms with E-state index in [2.05, 4.69) is 27.0 Å². The molecule has 0 saturated heterocycles. The van der Waals surface area contributed by atoms with Gasteiger partial charge >= 0.3 is 0 Å². The van der Waals surface area contributed by atoms with Crippen LogP contribution in [0.25, 0.3) is 0 Å². The summed E-state index contributed by atoms with van der Waals surface area (Å²) in [5.74, 6) is 2.04. The molecule has 0 fully saturated rings. The number of methoxy groups -OCH3 is 1. The molecule has 19 heavy (non-hydrogen) atoms. The van der Waals surface area contributed by atoms with Gasteiger partial charge in [0, 0.05) is 32.4 Å². The first-order valence-electron chi connectivity index (χ1n) is 6.59. The van der Waals surface area contributed by atoms with Crippen molar-refractivity contribution in [1.29, 1.82) is 0 Å². The van der Waals surface area contributed by atoms with Gasteiger partial charge in [0.05, 0.1) is 7.11 Å². The molecule has 0 radical (unpaired) electrons. The highest BCUT2D eigenvalue weighted by Gasteiger charge is 1.99. The quantitative estimate of drug-likeness (QED) is 0.771. The minimum Gasteiger partial charge on any atom is -0.497 e. The van der Waals surface area contributed by atoms with Gasteiger partial charge in [-0.1, -0.05) is 12.1 Å². The third-order valence-corrected chi connectivity index (χ3v) is 3.17. The molecule has 1 N–H and O–H groups in total. The maximum absolute atomic E-state index is 5.21. The Bertz CT molecular complexity index is 508. The zero-order valence-electron chi connectivity index (χ0n) is 11.6. The van der Waals surface area contributed by atoms with Crippen LogP contribution in [0.4, 0.5) is 0 Å². The normalized spacial score (nSPS) is 10.6. The van der Waals surface area contributed by atoms with Crippen molar-refractivity contribution < 1.29 is 4.74 Å². The highest BCUT2D eigenvalue weighted by molar-refractivity contribution is 5.28. The van der Waals surface area contributed by atoms with Crippen LogP contribution in [0.15, 0.2) is 36.7 Å². The van der Waals surface area contributed by atoms with Gasteiger partial charge in [0.2, 0.25) is 0 Å². The van der Waals surface area contributed by atoms with Crippen molar-refractivity contribution in [1.82, 2.24) is 14.9 Å². The first-order chi connectivity index (χ1) is 9.29. The third-order valence-electron chi connectivity index (χ3n) is 3.17. The number of hydrogen-bond acceptors (Lipinski definition) is 3. The minimum atomic E-state index is 0.922. The molecule has 0 spiro atoms. The summed E-state index contributed by atoms with van der Waals surface area (Å²) < 4.78 is 7.27. The smallest absolute Gasteiger partial charge is 0.119 e. The highest BCUT2D eigenvalue weighted by Crippen LogP contribution is 2.12. The van der Waals surface area contributed by atoms with E-state index in [1.807, 2.05) is 31.6 Å². The van der Waals surface area contributed by atoms with Gasteiger partial charge in [-0.05, 0) is 30.7 Å². The van der Waals surface area contributed by atoms with E-state index in [-0.39, 0.29) is 0 Å². The lowest BCUT2D eigenvalue weighted by Crippen LogP contribution is -2.21. The average molecular weight is 259 g/mol. The van der Waals surface area contributed by atoms with Gasteiger partial charge < -0.3 is 14.6 Å². The number of aromatic nitrogens is 2. The predicted octanol–water partition coefficient (Wildman–Crippen LogP) is 1.80. The summed E-state index contributed by atoms with van der Waals surface area (Å²) in [5, 5.41) is 3.44. The molecule has 0 aliphatic carbocycles. The lowest BCUT2D eigenvalue weighted by Gasteiger charge is -2.06. The molecular formula is C15H21N3O. The number of nitrogens with zero attached hydrogens (tertiary/aromatic N) is 2. The Labute approximate surface area is 114 Å². The molecule has 0 unspecified atom stereocenters. The fourth-order valence-corrected chi connectivity index (χ4v) is 2.02. The summed E-state index contributed by atoms with van der Waals surface area (Å²) in [6, 6.07) is 8.21. The fourth-order valence-electron chi connectivity index (χ4n) is 2.02. The number of ether oxygens (including phenoxy) is 1. The van der Waals surface area contributed by atoms with Crippen molar-refractivity contribution in [2.24, 2.45) is 7.05 Å². The molecule has 1 heterocycles. The fraction of sp³-hybridized carbons (Fsp3) is 0.400. The van der Waals surface area contributed by atoms with E-state index in [1.165, 1.54) is 5.56 Å². The van der Waals surface area contributed by atoms with Crippen LogP contribution in [0.2, 0.25) is 0 Å². The van der Waals surface area contributed by atoms with Gasteiger partial charge in [-0.2, -0.15) is 0 Å². The second kappa shape index (κ2) is 6.95. The molecule has 1 aromatic carbocycles. The lowest BCUT2D eigenvalue weighted by molar-refractivity contribution is 0.414. The second-order valence-corrected chi connectivity index (χ2v) is 4.56. The maximum Gasteiger partial charge on any atom is 0.119 e. The standard InChI is InChI=1S/C15H21N3O/c1-18-11-10-17-15(18)7-9-16-8-6-13-4-3-5-14(12-13)19-2/h3-5,10-12,16H,6-9H2,1-2H3. The topological polar surface area (TPSA) is 39.1 Å². The molecule has 102 valence electrons. The Morgan fingerprint density at radius 2 is 2.11 bits per heavy atom. The van der Waals surface area contributed by atoms with Crippen molar-refractivity contribution in [3.63, 3.8) is 0 Å². The Morgan fingerprint density at radius 3 is 2.84 bits per heavy atom. The highest BCUT2D eigenvalue weighted by atomic mass is 16.5. The number of imidazole rings is 1. The first-order valence-corrected chi connectivity index (χ1v) is 6.59. The van der Waals surface area contributed by atoms with E-state index in [9.17, 15) is 0 Å².